The maximum atomic E-state index is 11.5. The number of rotatable bonds is 9. The molecule has 0 aliphatic carbocycles. The zero-order valence-electron chi connectivity index (χ0n) is 9.78. The van der Waals surface area contributed by atoms with Crippen LogP contribution in [0, 0.1) is 0 Å². The van der Waals surface area contributed by atoms with Crippen molar-refractivity contribution in [1.82, 2.24) is 10.6 Å². The Kier molecular flexibility index (Phi) is 8.94. The van der Waals surface area contributed by atoms with Crippen LogP contribution in [0.15, 0.2) is 12.7 Å². The van der Waals surface area contributed by atoms with Gasteiger partial charge in [0, 0.05) is 19.6 Å². The Labute approximate surface area is 101 Å². The lowest BCUT2D eigenvalue weighted by atomic mass is 10.2. The predicted molar refractivity (Wildman–Crippen MR) is 64.1 cm³/mol. The molecule has 1 unspecified atom stereocenters. The molecule has 7 heteroatoms. The van der Waals surface area contributed by atoms with Gasteiger partial charge in [-0.2, -0.15) is 0 Å². The SMILES string of the molecule is C=CCNC(=O)C(CN)NC(=O)COCCN. The minimum absolute atomic E-state index is 0.0194. The minimum atomic E-state index is -0.760. The van der Waals surface area contributed by atoms with Gasteiger partial charge in [-0.1, -0.05) is 6.08 Å². The standard InChI is InChI=1S/C10H20N4O3/c1-2-4-13-10(16)8(6-12)14-9(15)7-17-5-3-11/h2,8H,1,3-7,11-12H2,(H,13,16)(H,14,15). The average Bonchev–Trinajstić information content (AvgIpc) is 2.33. The van der Waals surface area contributed by atoms with E-state index in [1.807, 2.05) is 0 Å². The molecule has 0 aromatic heterocycles. The molecule has 0 fully saturated rings. The summed E-state index contributed by atoms with van der Waals surface area (Å²) in [4.78, 5) is 22.8. The lowest BCUT2D eigenvalue weighted by Gasteiger charge is -2.16. The zero-order chi connectivity index (χ0) is 13.1. The van der Waals surface area contributed by atoms with E-state index in [4.69, 9.17) is 16.2 Å². The largest absolute Gasteiger partial charge is 0.370 e. The van der Waals surface area contributed by atoms with Crippen LogP contribution in [0.5, 0.6) is 0 Å². The molecule has 0 aliphatic heterocycles. The van der Waals surface area contributed by atoms with Crippen LogP contribution in [0.3, 0.4) is 0 Å². The van der Waals surface area contributed by atoms with Crippen molar-refractivity contribution < 1.29 is 14.3 Å². The highest BCUT2D eigenvalue weighted by Gasteiger charge is 2.18. The van der Waals surface area contributed by atoms with Crippen LogP contribution in [-0.4, -0.2) is 50.7 Å². The summed E-state index contributed by atoms with van der Waals surface area (Å²) in [6.45, 7) is 4.31. The highest BCUT2D eigenvalue weighted by Crippen LogP contribution is 1.83. The zero-order valence-corrected chi connectivity index (χ0v) is 9.78. The summed E-state index contributed by atoms with van der Waals surface area (Å²) in [5, 5.41) is 5.00. The van der Waals surface area contributed by atoms with Crippen molar-refractivity contribution in [2.75, 3.05) is 32.8 Å². The summed E-state index contributed by atoms with van der Waals surface area (Å²) in [6.07, 6.45) is 1.54. The van der Waals surface area contributed by atoms with Crippen LogP contribution in [-0.2, 0) is 14.3 Å². The van der Waals surface area contributed by atoms with Gasteiger partial charge in [-0.05, 0) is 0 Å². The molecular weight excluding hydrogens is 224 g/mol. The van der Waals surface area contributed by atoms with Crippen LogP contribution >= 0.6 is 0 Å². The van der Waals surface area contributed by atoms with Crippen LogP contribution in [0.25, 0.3) is 0 Å². The number of hydrogen-bond acceptors (Lipinski definition) is 5. The van der Waals surface area contributed by atoms with Gasteiger partial charge in [0.2, 0.25) is 11.8 Å². The molecule has 0 rings (SSSR count). The van der Waals surface area contributed by atoms with E-state index in [1.54, 1.807) is 0 Å². The Morgan fingerprint density at radius 3 is 2.65 bits per heavy atom. The van der Waals surface area contributed by atoms with Crippen LogP contribution in [0.2, 0.25) is 0 Å². The minimum Gasteiger partial charge on any atom is -0.370 e. The molecule has 7 nitrogen and oxygen atoms in total. The van der Waals surface area contributed by atoms with Crippen LogP contribution in [0.4, 0.5) is 0 Å². The molecule has 0 saturated heterocycles. The van der Waals surface area contributed by atoms with E-state index in [0.29, 0.717) is 19.7 Å². The quantitative estimate of drug-likeness (QED) is 0.269. The second-order valence-electron chi connectivity index (χ2n) is 3.23. The van der Waals surface area contributed by atoms with Gasteiger partial charge in [0.25, 0.3) is 0 Å². The lowest BCUT2D eigenvalue weighted by molar-refractivity contribution is -0.131. The molecule has 1 atom stereocenters. The molecular formula is C10H20N4O3. The van der Waals surface area contributed by atoms with Gasteiger partial charge in [-0.15, -0.1) is 6.58 Å². The number of hydrogen-bond donors (Lipinski definition) is 4. The molecule has 0 aliphatic rings. The molecule has 0 heterocycles. The van der Waals surface area contributed by atoms with E-state index < -0.39 is 11.9 Å². The van der Waals surface area contributed by atoms with E-state index >= 15 is 0 Å². The van der Waals surface area contributed by atoms with Crippen LogP contribution < -0.4 is 22.1 Å². The smallest absolute Gasteiger partial charge is 0.246 e. The predicted octanol–water partition coefficient (Wildman–Crippen LogP) is -2.29. The molecule has 6 N–H and O–H groups in total. The summed E-state index contributed by atoms with van der Waals surface area (Å²) in [5.74, 6) is -0.748. The number of ether oxygens (including phenoxy) is 1. The van der Waals surface area contributed by atoms with Gasteiger partial charge in [0.1, 0.15) is 12.6 Å². The first-order chi connectivity index (χ1) is 8.15. The lowest BCUT2D eigenvalue weighted by Crippen LogP contribution is -2.51. The van der Waals surface area contributed by atoms with E-state index in [1.165, 1.54) is 6.08 Å². The molecule has 2 amide bonds. The van der Waals surface area contributed by atoms with Crippen LogP contribution in [0.1, 0.15) is 0 Å². The number of carbonyl (C=O) groups is 2. The second kappa shape index (κ2) is 9.76. The van der Waals surface area contributed by atoms with Crippen molar-refractivity contribution in [2.24, 2.45) is 11.5 Å². The Balaban J connectivity index is 3.97. The van der Waals surface area contributed by atoms with Crippen molar-refractivity contribution >= 4 is 11.8 Å². The van der Waals surface area contributed by atoms with Gasteiger partial charge in [-0.3, -0.25) is 9.59 Å². The molecule has 0 aromatic carbocycles. The average molecular weight is 244 g/mol. The molecule has 0 saturated carbocycles. The van der Waals surface area contributed by atoms with Gasteiger partial charge in [0.15, 0.2) is 0 Å². The summed E-state index contributed by atoms with van der Waals surface area (Å²) >= 11 is 0. The van der Waals surface area contributed by atoms with Crippen molar-refractivity contribution in [2.45, 2.75) is 6.04 Å². The third-order valence-corrected chi connectivity index (χ3v) is 1.80. The fraction of sp³-hybridized carbons (Fsp3) is 0.600. The Bertz CT molecular complexity index is 258. The fourth-order valence-corrected chi connectivity index (χ4v) is 1.01. The summed E-state index contributed by atoms with van der Waals surface area (Å²) in [7, 11) is 0. The van der Waals surface area contributed by atoms with Gasteiger partial charge in [0.05, 0.1) is 6.61 Å². The van der Waals surface area contributed by atoms with Gasteiger partial charge in [-0.25, -0.2) is 0 Å². The number of amides is 2. The molecule has 0 spiro atoms. The highest BCUT2D eigenvalue weighted by molar-refractivity contribution is 5.88. The maximum Gasteiger partial charge on any atom is 0.246 e. The number of carbonyl (C=O) groups excluding carboxylic acids is 2. The van der Waals surface area contributed by atoms with Crippen molar-refractivity contribution in [3.63, 3.8) is 0 Å². The Hall–Kier alpha value is -1.44. The molecule has 0 aromatic rings. The molecule has 17 heavy (non-hydrogen) atoms. The molecule has 0 bridgehead atoms. The molecule has 0 radical (unpaired) electrons. The Morgan fingerprint density at radius 2 is 2.12 bits per heavy atom. The third-order valence-electron chi connectivity index (χ3n) is 1.80. The van der Waals surface area contributed by atoms with E-state index in [0.717, 1.165) is 0 Å². The summed E-state index contributed by atoms with van der Waals surface area (Å²) < 4.78 is 4.93. The summed E-state index contributed by atoms with van der Waals surface area (Å²) in [6, 6.07) is -0.760. The van der Waals surface area contributed by atoms with E-state index in [-0.39, 0.29) is 19.1 Å². The van der Waals surface area contributed by atoms with E-state index in [9.17, 15) is 9.59 Å². The fourth-order valence-electron chi connectivity index (χ4n) is 1.01. The Morgan fingerprint density at radius 1 is 1.41 bits per heavy atom. The monoisotopic (exact) mass is 244 g/mol. The number of nitrogens with two attached hydrogens (primary N) is 2. The maximum absolute atomic E-state index is 11.5. The third kappa shape index (κ3) is 7.45. The first kappa shape index (κ1) is 15.6. The highest BCUT2D eigenvalue weighted by atomic mass is 16.5. The second-order valence-corrected chi connectivity index (χ2v) is 3.23. The normalized spacial score (nSPS) is 11.6. The first-order valence-corrected chi connectivity index (χ1v) is 5.31. The topological polar surface area (TPSA) is 119 Å². The summed E-state index contributed by atoms with van der Waals surface area (Å²) in [5.41, 5.74) is 10.6. The molecule has 98 valence electrons. The van der Waals surface area contributed by atoms with Crippen molar-refractivity contribution in [3.8, 4) is 0 Å². The van der Waals surface area contributed by atoms with Crippen molar-refractivity contribution in [3.05, 3.63) is 12.7 Å². The number of nitrogens with one attached hydrogen (secondary N) is 2. The van der Waals surface area contributed by atoms with Gasteiger partial charge >= 0.3 is 0 Å². The van der Waals surface area contributed by atoms with Crippen molar-refractivity contribution in [1.29, 1.82) is 0 Å². The van der Waals surface area contributed by atoms with Gasteiger partial charge < -0.3 is 26.8 Å². The van der Waals surface area contributed by atoms with E-state index in [2.05, 4.69) is 17.2 Å². The first-order valence-electron chi connectivity index (χ1n) is 5.31.